The van der Waals surface area contributed by atoms with Crippen LogP contribution in [0.5, 0.6) is 0 Å². The van der Waals surface area contributed by atoms with Crippen LogP contribution < -0.4 is 17.0 Å². The van der Waals surface area contributed by atoms with Gasteiger partial charge in [0.15, 0.2) is 17.7 Å². The summed E-state index contributed by atoms with van der Waals surface area (Å²) in [5, 5.41) is 20.8. The number of nitrogen functional groups attached to an aromatic ring is 1. The number of benzene rings is 1. The Morgan fingerprint density at radius 1 is 1.13 bits per heavy atom. The number of phosphoric ester groups is 1. The van der Waals surface area contributed by atoms with Gasteiger partial charge in [-0.1, -0.05) is 30.3 Å². The molecule has 6 rings (SSSR count). The van der Waals surface area contributed by atoms with E-state index < -0.39 is 75.3 Å². The monoisotopic (exact) mass is 647 g/mol. The predicted molar refractivity (Wildman–Crippen MR) is 153 cm³/mol. The summed E-state index contributed by atoms with van der Waals surface area (Å²) in [6.07, 6.45) is -3.87. The van der Waals surface area contributed by atoms with Gasteiger partial charge in [-0.05, 0) is 5.56 Å². The van der Waals surface area contributed by atoms with Gasteiger partial charge < -0.3 is 35.1 Å². The van der Waals surface area contributed by atoms with E-state index in [2.05, 4.69) is 19.9 Å². The van der Waals surface area contributed by atoms with Crippen molar-refractivity contribution in [1.82, 2.24) is 29.1 Å². The normalized spacial score (nSPS) is 28.0. The number of anilines is 1. The average molecular weight is 648 g/mol. The molecule has 0 amide bonds. The number of methoxy groups -OCH3 is 1. The number of imidazole rings is 1. The summed E-state index contributed by atoms with van der Waals surface area (Å²) in [4.78, 5) is 50.2. The standard InChI is InChI=1S/C26H30N7O11P/c1-40-21-20(35)17(43-25(21)33-12-30-19-22(27)28-11-29-23(19)33)10-41-45(38,39)44-15-7-18(42-16(15)9-34)32-8-14(24(36)31-26(32)37)13-5-3-2-4-6-13/h2-6,8,11-12,15-18,20-21,25,34-35H,7,9-10H2,1H3,(H,38,39)(H2,27,28,29)(H,31,36,37)/t15-,16?,17?,18-,20?,21?,25?/m1/s1. The van der Waals surface area contributed by atoms with Gasteiger partial charge >= 0.3 is 13.5 Å². The fourth-order valence-corrected chi connectivity index (χ4v) is 6.39. The van der Waals surface area contributed by atoms with Crippen LogP contribution in [0.2, 0.25) is 0 Å². The summed E-state index contributed by atoms with van der Waals surface area (Å²) >= 11 is 0. The Morgan fingerprint density at radius 3 is 2.64 bits per heavy atom. The Kier molecular flexibility index (Phi) is 8.66. The molecule has 240 valence electrons. The minimum absolute atomic E-state index is 0.144. The molecule has 19 heteroatoms. The number of ether oxygens (including phenoxy) is 3. The number of aliphatic hydroxyl groups is 2. The van der Waals surface area contributed by atoms with Gasteiger partial charge in [-0.3, -0.25) is 28.0 Å². The van der Waals surface area contributed by atoms with Crippen molar-refractivity contribution in [3.63, 3.8) is 0 Å². The van der Waals surface area contributed by atoms with Crippen LogP contribution in [-0.2, 0) is 27.8 Å². The lowest BCUT2D eigenvalue weighted by molar-refractivity contribution is -0.0627. The molecule has 8 atom stereocenters. The summed E-state index contributed by atoms with van der Waals surface area (Å²) in [6, 6.07) is 8.63. The summed E-state index contributed by atoms with van der Waals surface area (Å²) in [5.41, 5.74) is 5.87. The SMILES string of the molecule is COC1C(O)C(COP(=O)(O)O[C@@H]2C[C@H](n3cc(-c4ccccc4)c(=O)[nH]c3=O)OC2CO)OC1n1cnc2c(N)ncnc21. The molecule has 2 aliphatic heterocycles. The molecule has 18 nitrogen and oxygen atoms in total. The predicted octanol–water partition coefficient (Wildman–Crippen LogP) is -0.319. The number of hydrogen-bond acceptors (Lipinski definition) is 14. The second-order valence-electron chi connectivity index (χ2n) is 10.4. The van der Waals surface area contributed by atoms with Gasteiger partial charge in [0.1, 0.15) is 48.6 Å². The van der Waals surface area contributed by atoms with Crippen LogP contribution >= 0.6 is 7.82 Å². The molecule has 0 spiro atoms. The number of H-pyrrole nitrogens is 1. The Labute approximate surface area is 253 Å². The first kappa shape index (κ1) is 31.2. The molecule has 3 aromatic heterocycles. The van der Waals surface area contributed by atoms with Gasteiger partial charge in [0, 0.05) is 19.7 Å². The highest BCUT2D eigenvalue weighted by Crippen LogP contribution is 2.49. The molecule has 0 saturated carbocycles. The molecule has 5 heterocycles. The number of nitrogens with zero attached hydrogens (tertiary/aromatic N) is 5. The zero-order chi connectivity index (χ0) is 31.9. The number of nitrogens with one attached hydrogen (secondary N) is 1. The first-order valence-electron chi connectivity index (χ1n) is 13.7. The number of aliphatic hydroxyl groups excluding tert-OH is 2. The minimum Gasteiger partial charge on any atom is -0.394 e. The molecule has 2 aliphatic rings. The highest BCUT2D eigenvalue weighted by molar-refractivity contribution is 7.47. The van der Waals surface area contributed by atoms with Crippen molar-refractivity contribution in [2.45, 2.75) is 49.4 Å². The van der Waals surface area contributed by atoms with E-state index >= 15 is 0 Å². The van der Waals surface area contributed by atoms with Crippen LogP contribution in [0.3, 0.4) is 0 Å². The van der Waals surface area contributed by atoms with Gasteiger partial charge in [0.05, 0.1) is 25.1 Å². The minimum atomic E-state index is -4.84. The molecule has 6 unspecified atom stereocenters. The lowest BCUT2D eigenvalue weighted by atomic mass is 10.1. The van der Waals surface area contributed by atoms with Gasteiger partial charge in [0.25, 0.3) is 5.56 Å². The van der Waals surface area contributed by atoms with Crippen molar-refractivity contribution in [3.8, 4) is 11.1 Å². The molecule has 4 aromatic rings. The van der Waals surface area contributed by atoms with E-state index in [0.717, 1.165) is 4.57 Å². The number of rotatable bonds is 10. The number of aromatic amines is 1. The van der Waals surface area contributed by atoms with Gasteiger partial charge in [0.2, 0.25) is 0 Å². The van der Waals surface area contributed by atoms with Crippen molar-refractivity contribution < 1.29 is 42.9 Å². The van der Waals surface area contributed by atoms with E-state index in [9.17, 15) is 29.3 Å². The fraction of sp³-hybridized carbons (Fsp3) is 0.423. The lowest BCUT2D eigenvalue weighted by Crippen LogP contribution is -2.35. The van der Waals surface area contributed by atoms with Gasteiger partial charge in [-0.2, -0.15) is 0 Å². The van der Waals surface area contributed by atoms with Crippen molar-refractivity contribution in [2.24, 2.45) is 0 Å². The van der Waals surface area contributed by atoms with Crippen LogP contribution in [-0.4, -0.2) is 95.0 Å². The molecule has 2 fully saturated rings. The third-order valence-corrected chi connectivity index (χ3v) is 8.65. The smallest absolute Gasteiger partial charge is 0.394 e. The highest BCUT2D eigenvalue weighted by Gasteiger charge is 2.47. The Hall–Kier alpha value is -3.84. The van der Waals surface area contributed by atoms with E-state index in [-0.39, 0.29) is 17.8 Å². The molecule has 0 bridgehead atoms. The lowest BCUT2D eigenvalue weighted by Gasteiger charge is -2.21. The molecular weight excluding hydrogens is 617 g/mol. The van der Waals surface area contributed by atoms with Gasteiger partial charge in [-0.15, -0.1) is 0 Å². The molecular formula is C26H30N7O11P. The fourth-order valence-electron chi connectivity index (χ4n) is 5.43. The van der Waals surface area contributed by atoms with Crippen molar-refractivity contribution in [3.05, 3.63) is 70.0 Å². The number of hydrogen-bond donors (Lipinski definition) is 5. The average Bonchev–Trinajstić information content (AvgIpc) is 3.71. The summed E-state index contributed by atoms with van der Waals surface area (Å²) in [5.74, 6) is 0.144. The number of fused-ring (bicyclic) bond motifs is 1. The molecule has 2 saturated heterocycles. The maximum atomic E-state index is 13.0. The Morgan fingerprint density at radius 2 is 1.91 bits per heavy atom. The summed E-state index contributed by atoms with van der Waals surface area (Å²) in [6.45, 7) is -1.20. The second-order valence-corrected chi connectivity index (χ2v) is 11.8. The van der Waals surface area contributed by atoms with Crippen molar-refractivity contribution in [2.75, 3.05) is 26.1 Å². The van der Waals surface area contributed by atoms with Crippen LogP contribution in [0.15, 0.2) is 58.8 Å². The largest absolute Gasteiger partial charge is 0.472 e. The number of aromatic nitrogens is 6. The van der Waals surface area contributed by atoms with E-state index in [4.69, 9.17) is 29.0 Å². The quantitative estimate of drug-likeness (QED) is 0.138. The summed E-state index contributed by atoms with van der Waals surface area (Å²) in [7, 11) is -3.49. The third kappa shape index (κ3) is 6.07. The van der Waals surface area contributed by atoms with E-state index in [0.29, 0.717) is 16.7 Å². The third-order valence-electron chi connectivity index (χ3n) is 7.64. The van der Waals surface area contributed by atoms with Crippen molar-refractivity contribution >= 4 is 24.8 Å². The second kappa shape index (κ2) is 12.5. The first-order chi connectivity index (χ1) is 21.6. The van der Waals surface area contributed by atoms with Crippen molar-refractivity contribution in [1.29, 1.82) is 0 Å². The van der Waals surface area contributed by atoms with E-state index in [1.807, 2.05) is 0 Å². The van der Waals surface area contributed by atoms with E-state index in [1.54, 1.807) is 30.3 Å². The van der Waals surface area contributed by atoms with Gasteiger partial charge in [-0.25, -0.2) is 24.3 Å². The maximum Gasteiger partial charge on any atom is 0.472 e. The Bertz CT molecular complexity index is 1830. The molecule has 1 aromatic carbocycles. The molecule has 45 heavy (non-hydrogen) atoms. The first-order valence-corrected chi connectivity index (χ1v) is 15.2. The number of nitrogens with two attached hydrogens (primary N) is 1. The zero-order valence-electron chi connectivity index (χ0n) is 23.6. The zero-order valence-corrected chi connectivity index (χ0v) is 24.5. The molecule has 0 radical (unpaired) electrons. The Balaban J connectivity index is 1.14. The topological polar surface area (TPSA) is 248 Å². The number of phosphoric acid groups is 1. The maximum absolute atomic E-state index is 13.0. The van der Waals surface area contributed by atoms with Crippen LogP contribution in [0.4, 0.5) is 5.82 Å². The highest BCUT2D eigenvalue weighted by atomic mass is 31.2. The molecule has 0 aliphatic carbocycles. The van der Waals surface area contributed by atoms with Crippen LogP contribution in [0.1, 0.15) is 18.9 Å². The summed E-state index contributed by atoms with van der Waals surface area (Å²) < 4.78 is 43.3. The van der Waals surface area contributed by atoms with Crippen LogP contribution in [0.25, 0.3) is 22.3 Å². The van der Waals surface area contributed by atoms with Crippen LogP contribution in [0, 0.1) is 0 Å². The van der Waals surface area contributed by atoms with E-state index in [1.165, 1.54) is 30.5 Å². The molecule has 6 N–H and O–H groups in total.